The number of aryl methyl sites for hydroxylation is 1. The summed E-state index contributed by atoms with van der Waals surface area (Å²) in [4.78, 5) is 12.3. The van der Waals surface area contributed by atoms with Crippen molar-refractivity contribution in [2.24, 2.45) is 0 Å². The van der Waals surface area contributed by atoms with Gasteiger partial charge in [0.1, 0.15) is 12.3 Å². The highest BCUT2D eigenvalue weighted by atomic mass is 32.2. The zero-order valence-electron chi connectivity index (χ0n) is 14.4. The van der Waals surface area contributed by atoms with Crippen LogP contribution in [0.25, 0.3) is 11.4 Å². The molecule has 26 heavy (non-hydrogen) atoms. The molecule has 0 fully saturated rings. The summed E-state index contributed by atoms with van der Waals surface area (Å²) in [7, 11) is 0. The second-order valence-electron chi connectivity index (χ2n) is 5.79. The molecule has 0 aliphatic carbocycles. The first-order valence-corrected chi connectivity index (χ1v) is 9.79. The van der Waals surface area contributed by atoms with E-state index in [-0.39, 0.29) is 12.5 Å². The summed E-state index contributed by atoms with van der Waals surface area (Å²) in [6, 6.07) is 11.8. The highest BCUT2D eigenvalue weighted by Gasteiger charge is 2.12. The number of nitrogens with one attached hydrogen (secondary N) is 2. The summed E-state index contributed by atoms with van der Waals surface area (Å²) < 4.78 is 7.43. The first-order valence-electron chi connectivity index (χ1n) is 8.22. The minimum atomic E-state index is -0.0880. The number of aromatic nitrogens is 3. The number of hydrogen-bond acceptors (Lipinski definition) is 5. The fourth-order valence-electron chi connectivity index (χ4n) is 2.50. The molecule has 0 saturated carbocycles. The van der Waals surface area contributed by atoms with E-state index >= 15 is 0 Å². The Bertz CT molecular complexity index is 915. The molecule has 0 spiro atoms. The van der Waals surface area contributed by atoms with Crippen LogP contribution in [0.4, 0.5) is 0 Å². The van der Waals surface area contributed by atoms with Gasteiger partial charge in [-0.2, -0.15) is 16.9 Å². The number of thioether (sulfide) groups is 1. The summed E-state index contributed by atoms with van der Waals surface area (Å²) in [6.07, 6.45) is 1.66. The topological polar surface area (TPSA) is 75.8 Å². The molecular weight excluding hydrogens is 368 g/mol. The van der Waals surface area contributed by atoms with Crippen molar-refractivity contribution in [3.05, 3.63) is 58.8 Å². The maximum atomic E-state index is 12.3. The molecule has 2 aromatic heterocycles. The van der Waals surface area contributed by atoms with Crippen LogP contribution < -0.4 is 5.32 Å². The van der Waals surface area contributed by atoms with Gasteiger partial charge in [0, 0.05) is 17.9 Å². The molecule has 3 rings (SSSR count). The van der Waals surface area contributed by atoms with E-state index in [0.717, 1.165) is 28.4 Å². The number of carbonyl (C=O) groups is 1. The second kappa shape index (κ2) is 8.86. The fraction of sp³-hybridized carbons (Fsp3) is 0.278. The van der Waals surface area contributed by atoms with Gasteiger partial charge in [-0.1, -0.05) is 23.8 Å². The van der Waals surface area contributed by atoms with E-state index < -0.39 is 0 Å². The van der Waals surface area contributed by atoms with E-state index in [2.05, 4.69) is 15.5 Å². The lowest BCUT2D eigenvalue weighted by molar-refractivity contribution is -0.121. The van der Waals surface area contributed by atoms with Crippen LogP contribution in [0.1, 0.15) is 11.3 Å². The second-order valence-corrected chi connectivity index (χ2v) is 7.28. The predicted molar refractivity (Wildman–Crippen MR) is 105 cm³/mol. The first kappa shape index (κ1) is 18.5. The van der Waals surface area contributed by atoms with Crippen molar-refractivity contribution in [2.75, 3.05) is 12.3 Å². The zero-order chi connectivity index (χ0) is 18.4. The Morgan fingerprint density at radius 3 is 3.04 bits per heavy atom. The molecule has 0 unspecified atom stereocenters. The van der Waals surface area contributed by atoms with Gasteiger partial charge in [0.05, 0.1) is 12.0 Å². The predicted octanol–water partition coefficient (Wildman–Crippen LogP) is 3.56. The van der Waals surface area contributed by atoms with E-state index in [4.69, 9.17) is 16.6 Å². The van der Waals surface area contributed by atoms with Crippen LogP contribution in [-0.4, -0.2) is 33.0 Å². The lowest BCUT2D eigenvalue weighted by atomic mass is 10.1. The molecule has 0 atom stereocenters. The van der Waals surface area contributed by atoms with Gasteiger partial charge in [-0.25, -0.2) is 0 Å². The van der Waals surface area contributed by atoms with Crippen molar-refractivity contribution < 1.29 is 9.21 Å². The molecule has 0 radical (unpaired) electrons. The Morgan fingerprint density at radius 1 is 1.38 bits per heavy atom. The maximum absolute atomic E-state index is 12.3. The number of amides is 1. The molecule has 2 N–H and O–H groups in total. The van der Waals surface area contributed by atoms with Crippen LogP contribution in [0.2, 0.25) is 0 Å². The molecule has 2 heterocycles. The van der Waals surface area contributed by atoms with Gasteiger partial charge in [0.25, 0.3) is 0 Å². The zero-order valence-corrected chi connectivity index (χ0v) is 16.0. The number of furan rings is 1. The lowest BCUT2D eigenvalue weighted by Gasteiger charge is -2.08. The molecule has 6 nitrogen and oxygen atoms in total. The lowest BCUT2D eigenvalue weighted by Crippen LogP contribution is -2.29. The third kappa shape index (κ3) is 4.86. The van der Waals surface area contributed by atoms with Crippen molar-refractivity contribution >= 4 is 29.9 Å². The number of nitrogens with zero attached hydrogens (tertiary/aromatic N) is 2. The summed E-state index contributed by atoms with van der Waals surface area (Å²) in [5.41, 5.74) is 2.06. The average Bonchev–Trinajstić information content (AvgIpc) is 3.25. The summed E-state index contributed by atoms with van der Waals surface area (Å²) in [5, 5.41) is 9.96. The van der Waals surface area contributed by atoms with E-state index in [1.165, 1.54) is 0 Å². The number of H-pyrrole nitrogens is 1. The Hall–Kier alpha value is -2.32. The minimum Gasteiger partial charge on any atom is -0.468 e. The molecule has 0 aliphatic heterocycles. The average molecular weight is 389 g/mol. The third-order valence-corrected chi connectivity index (χ3v) is 5.02. The number of carbonyl (C=O) groups excluding carboxylic acids is 1. The third-order valence-electron chi connectivity index (χ3n) is 3.73. The normalized spacial score (nSPS) is 10.8. The van der Waals surface area contributed by atoms with Crippen molar-refractivity contribution in [2.45, 2.75) is 19.2 Å². The Kier molecular flexibility index (Phi) is 6.30. The van der Waals surface area contributed by atoms with E-state index in [1.54, 1.807) is 22.6 Å². The van der Waals surface area contributed by atoms with Gasteiger partial charge >= 0.3 is 0 Å². The summed E-state index contributed by atoms with van der Waals surface area (Å²) in [6.45, 7) is 2.75. The Morgan fingerprint density at radius 2 is 2.27 bits per heavy atom. The van der Waals surface area contributed by atoms with Crippen LogP contribution in [0.3, 0.4) is 0 Å². The van der Waals surface area contributed by atoms with Crippen LogP contribution in [0.5, 0.6) is 0 Å². The molecule has 1 aromatic carbocycles. The number of hydrogen-bond donors (Lipinski definition) is 2. The molecule has 136 valence electrons. The van der Waals surface area contributed by atoms with Gasteiger partial charge in [0.2, 0.25) is 5.91 Å². The van der Waals surface area contributed by atoms with Crippen LogP contribution in [-0.2, 0) is 17.1 Å². The van der Waals surface area contributed by atoms with Crippen LogP contribution >= 0.6 is 24.0 Å². The summed E-state index contributed by atoms with van der Waals surface area (Å²) >= 11 is 6.99. The van der Waals surface area contributed by atoms with E-state index in [1.807, 2.05) is 43.3 Å². The molecule has 8 heteroatoms. The van der Waals surface area contributed by atoms with E-state index in [9.17, 15) is 4.79 Å². The summed E-state index contributed by atoms with van der Waals surface area (Å²) in [5.74, 6) is 3.13. The standard InChI is InChI=1S/C18H20N4O2S2/c1-13-4-2-5-14(10-13)17-20-21-18(25)22(17)11-16(23)19-7-9-26-12-15-6-3-8-24-15/h2-6,8,10H,7,9,11-12H2,1H3,(H,19,23)(H,21,25). The molecule has 1 amide bonds. The maximum Gasteiger partial charge on any atom is 0.240 e. The molecule has 0 aliphatic rings. The van der Waals surface area contributed by atoms with Crippen molar-refractivity contribution in [3.8, 4) is 11.4 Å². The van der Waals surface area contributed by atoms with Gasteiger partial charge in [-0.3, -0.25) is 14.5 Å². The number of rotatable bonds is 8. The van der Waals surface area contributed by atoms with Gasteiger partial charge in [-0.15, -0.1) is 0 Å². The van der Waals surface area contributed by atoms with Crippen LogP contribution in [0, 0.1) is 11.7 Å². The Labute approximate surface area is 161 Å². The quantitative estimate of drug-likeness (QED) is 0.456. The van der Waals surface area contributed by atoms with Gasteiger partial charge < -0.3 is 9.73 Å². The highest BCUT2D eigenvalue weighted by Crippen LogP contribution is 2.18. The highest BCUT2D eigenvalue weighted by molar-refractivity contribution is 7.98. The molecule has 0 saturated heterocycles. The smallest absolute Gasteiger partial charge is 0.240 e. The monoisotopic (exact) mass is 388 g/mol. The number of aromatic amines is 1. The molecular formula is C18H20N4O2S2. The first-order chi connectivity index (χ1) is 12.6. The van der Waals surface area contributed by atoms with E-state index in [0.29, 0.717) is 17.1 Å². The van der Waals surface area contributed by atoms with Crippen molar-refractivity contribution in [1.82, 2.24) is 20.1 Å². The van der Waals surface area contributed by atoms with Gasteiger partial charge in [0.15, 0.2) is 10.6 Å². The van der Waals surface area contributed by atoms with Crippen LogP contribution in [0.15, 0.2) is 47.1 Å². The largest absolute Gasteiger partial charge is 0.468 e. The van der Waals surface area contributed by atoms with Gasteiger partial charge in [-0.05, 0) is 37.3 Å². The minimum absolute atomic E-state index is 0.0880. The Balaban J connectivity index is 1.53. The molecule has 3 aromatic rings. The molecule has 0 bridgehead atoms. The number of benzene rings is 1. The van der Waals surface area contributed by atoms with Crippen molar-refractivity contribution in [1.29, 1.82) is 0 Å². The fourth-order valence-corrected chi connectivity index (χ4v) is 3.45. The SMILES string of the molecule is Cc1cccc(-c2n[nH]c(=S)n2CC(=O)NCCSCc2ccco2)c1. The van der Waals surface area contributed by atoms with Crippen molar-refractivity contribution in [3.63, 3.8) is 0 Å².